The van der Waals surface area contributed by atoms with Gasteiger partial charge in [0.25, 0.3) is 0 Å². The molecule has 1 aromatic heterocycles. The van der Waals surface area contributed by atoms with E-state index in [1.807, 2.05) is 13.0 Å². The third-order valence-electron chi connectivity index (χ3n) is 5.30. The van der Waals surface area contributed by atoms with Crippen molar-refractivity contribution >= 4 is 10.8 Å². The van der Waals surface area contributed by atoms with Crippen LogP contribution < -0.4 is 10.1 Å². The number of halogens is 5. The Balaban J connectivity index is 1.36. The van der Waals surface area contributed by atoms with E-state index in [2.05, 4.69) is 10.3 Å². The van der Waals surface area contributed by atoms with Gasteiger partial charge in [0.2, 0.25) is 0 Å². The monoisotopic (exact) mass is 422 g/mol. The van der Waals surface area contributed by atoms with Crippen molar-refractivity contribution in [3.8, 4) is 5.75 Å². The van der Waals surface area contributed by atoms with E-state index in [1.54, 1.807) is 12.3 Å². The SMILES string of the molecule is Cc1cc2c(CNC3CC(Oc4ccc(F)c(C(F)(F)F)c4)C3)c(F)ccc2cn1. The summed E-state index contributed by atoms with van der Waals surface area (Å²) in [6.07, 6.45) is -2.22. The lowest BCUT2D eigenvalue weighted by Gasteiger charge is -2.36. The molecule has 1 saturated carbocycles. The van der Waals surface area contributed by atoms with Gasteiger partial charge in [0.15, 0.2) is 0 Å². The van der Waals surface area contributed by atoms with Gasteiger partial charge in [-0.3, -0.25) is 4.98 Å². The Morgan fingerprint density at radius 3 is 2.53 bits per heavy atom. The molecule has 1 N–H and O–H groups in total. The first-order chi connectivity index (χ1) is 14.2. The molecule has 0 spiro atoms. The second-order valence-electron chi connectivity index (χ2n) is 7.50. The van der Waals surface area contributed by atoms with Crippen LogP contribution in [0.2, 0.25) is 0 Å². The molecule has 0 radical (unpaired) electrons. The molecule has 8 heteroatoms. The first kappa shape index (κ1) is 20.5. The van der Waals surface area contributed by atoms with E-state index in [-0.39, 0.29) is 23.7 Å². The Hall–Kier alpha value is -2.74. The molecule has 0 bridgehead atoms. The number of nitrogens with one attached hydrogen (secondary N) is 1. The van der Waals surface area contributed by atoms with Crippen molar-refractivity contribution in [1.82, 2.24) is 10.3 Å². The van der Waals surface area contributed by atoms with Crippen molar-refractivity contribution in [3.63, 3.8) is 0 Å². The topological polar surface area (TPSA) is 34.1 Å². The van der Waals surface area contributed by atoms with Gasteiger partial charge < -0.3 is 10.1 Å². The standard InChI is InChI=1S/C22H19F5N2O/c1-12-6-17-13(10-28-12)2-4-20(23)18(17)11-29-14-7-16(8-14)30-15-3-5-21(24)19(9-15)22(25,26)27/h2-6,9-10,14,16,29H,7-8,11H2,1H3. The van der Waals surface area contributed by atoms with Crippen LogP contribution in [0.25, 0.3) is 10.8 Å². The fraction of sp³-hybridized carbons (Fsp3) is 0.318. The van der Waals surface area contributed by atoms with Crippen LogP contribution in [0.3, 0.4) is 0 Å². The molecule has 3 nitrogen and oxygen atoms in total. The summed E-state index contributed by atoms with van der Waals surface area (Å²) in [5, 5.41) is 4.92. The maximum Gasteiger partial charge on any atom is 0.419 e. The van der Waals surface area contributed by atoms with Crippen molar-refractivity contribution in [2.75, 3.05) is 0 Å². The van der Waals surface area contributed by atoms with Crippen molar-refractivity contribution in [2.45, 2.75) is 44.6 Å². The molecule has 3 aromatic rings. The van der Waals surface area contributed by atoms with E-state index in [0.29, 0.717) is 31.0 Å². The minimum absolute atomic E-state index is 0.0183. The second-order valence-corrected chi connectivity index (χ2v) is 7.50. The molecule has 0 amide bonds. The number of ether oxygens (including phenoxy) is 1. The first-order valence-corrected chi connectivity index (χ1v) is 9.51. The molecule has 30 heavy (non-hydrogen) atoms. The Bertz CT molecular complexity index is 1070. The zero-order chi connectivity index (χ0) is 21.5. The van der Waals surface area contributed by atoms with Gasteiger partial charge >= 0.3 is 6.18 Å². The maximum absolute atomic E-state index is 14.3. The van der Waals surface area contributed by atoms with Crippen molar-refractivity contribution in [1.29, 1.82) is 0 Å². The van der Waals surface area contributed by atoms with Crippen LogP contribution in [0.15, 0.2) is 42.6 Å². The molecule has 2 aromatic carbocycles. The Kier molecular flexibility index (Phi) is 5.36. The van der Waals surface area contributed by atoms with E-state index in [0.717, 1.165) is 22.5 Å². The van der Waals surface area contributed by atoms with Crippen LogP contribution in [0.4, 0.5) is 22.0 Å². The number of hydrogen-bond acceptors (Lipinski definition) is 3. The summed E-state index contributed by atoms with van der Waals surface area (Å²) >= 11 is 0. The molecule has 0 unspecified atom stereocenters. The fourth-order valence-electron chi connectivity index (χ4n) is 3.60. The van der Waals surface area contributed by atoms with Crippen LogP contribution >= 0.6 is 0 Å². The highest BCUT2D eigenvalue weighted by atomic mass is 19.4. The summed E-state index contributed by atoms with van der Waals surface area (Å²) in [7, 11) is 0. The highest BCUT2D eigenvalue weighted by Crippen LogP contribution is 2.35. The summed E-state index contributed by atoms with van der Waals surface area (Å²) in [5.41, 5.74) is 0.00455. The van der Waals surface area contributed by atoms with Gasteiger partial charge in [-0.25, -0.2) is 8.78 Å². The number of rotatable bonds is 5. The lowest BCUT2D eigenvalue weighted by Crippen LogP contribution is -2.46. The number of alkyl halides is 3. The van der Waals surface area contributed by atoms with Crippen LogP contribution in [0.1, 0.15) is 29.7 Å². The van der Waals surface area contributed by atoms with Crippen LogP contribution in [0, 0.1) is 18.6 Å². The smallest absolute Gasteiger partial charge is 0.419 e. The number of pyridine rings is 1. The normalized spacial score (nSPS) is 19.0. The molecule has 0 aliphatic heterocycles. The van der Waals surface area contributed by atoms with E-state index in [1.165, 1.54) is 12.1 Å². The Morgan fingerprint density at radius 1 is 1.07 bits per heavy atom. The van der Waals surface area contributed by atoms with Gasteiger partial charge in [-0.1, -0.05) is 0 Å². The second kappa shape index (κ2) is 7.83. The third kappa shape index (κ3) is 4.23. The zero-order valence-corrected chi connectivity index (χ0v) is 16.1. The maximum atomic E-state index is 14.3. The molecular formula is C22H19F5N2O. The minimum Gasteiger partial charge on any atom is -0.490 e. The number of nitrogens with zero attached hydrogens (tertiary/aromatic N) is 1. The highest BCUT2D eigenvalue weighted by molar-refractivity contribution is 5.85. The van der Waals surface area contributed by atoms with Crippen LogP contribution in [-0.4, -0.2) is 17.1 Å². The Labute approximate surface area is 169 Å². The van der Waals surface area contributed by atoms with Gasteiger partial charge in [-0.15, -0.1) is 0 Å². The van der Waals surface area contributed by atoms with Gasteiger partial charge in [-0.05, 0) is 61.5 Å². The average Bonchev–Trinajstić information content (AvgIpc) is 2.65. The molecule has 0 saturated heterocycles. The average molecular weight is 422 g/mol. The summed E-state index contributed by atoms with van der Waals surface area (Å²) in [5.74, 6) is -1.65. The van der Waals surface area contributed by atoms with Crippen molar-refractivity contribution in [3.05, 3.63) is 71.1 Å². The largest absolute Gasteiger partial charge is 0.490 e. The van der Waals surface area contributed by atoms with E-state index in [4.69, 9.17) is 4.74 Å². The molecule has 1 heterocycles. The highest BCUT2D eigenvalue weighted by Gasteiger charge is 2.35. The van der Waals surface area contributed by atoms with Gasteiger partial charge in [0, 0.05) is 35.4 Å². The summed E-state index contributed by atoms with van der Waals surface area (Å²) < 4.78 is 71.7. The van der Waals surface area contributed by atoms with E-state index in [9.17, 15) is 22.0 Å². The number of hydrogen-bond donors (Lipinski definition) is 1. The molecule has 1 aliphatic rings. The quantitative estimate of drug-likeness (QED) is 0.549. The molecule has 158 valence electrons. The van der Waals surface area contributed by atoms with E-state index < -0.39 is 17.6 Å². The lowest BCUT2D eigenvalue weighted by molar-refractivity contribution is -0.140. The Morgan fingerprint density at radius 2 is 1.80 bits per heavy atom. The predicted molar refractivity (Wildman–Crippen MR) is 102 cm³/mol. The summed E-state index contributed by atoms with van der Waals surface area (Å²) in [6, 6.07) is 7.61. The fourth-order valence-corrected chi connectivity index (χ4v) is 3.60. The molecule has 1 aliphatic carbocycles. The number of fused-ring (bicyclic) bond motifs is 1. The van der Waals surface area contributed by atoms with Crippen LogP contribution in [0.5, 0.6) is 5.75 Å². The summed E-state index contributed by atoms with van der Waals surface area (Å²) in [4.78, 5) is 4.22. The van der Waals surface area contributed by atoms with Crippen molar-refractivity contribution < 1.29 is 26.7 Å². The van der Waals surface area contributed by atoms with Gasteiger partial charge in [0.1, 0.15) is 23.5 Å². The molecule has 4 rings (SSSR count). The van der Waals surface area contributed by atoms with Crippen LogP contribution in [-0.2, 0) is 12.7 Å². The molecule has 1 fully saturated rings. The minimum atomic E-state index is -4.77. The number of aryl methyl sites for hydroxylation is 1. The predicted octanol–water partition coefficient (Wildman–Crippen LogP) is 5.54. The lowest BCUT2D eigenvalue weighted by atomic mass is 9.89. The molecular weight excluding hydrogens is 403 g/mol. The molecule has 0 atom stereocenters. The third-order valence-corrected chi connectivity index (χ3v) is 5.30. The van der Waals surface area contributed by atoms with Crippen molar-refractivity contribution in [2.24, 2.45) is 0 Å². The first-order valence-electron chi connectivity index (χ1n) is 9.51. The van der Waals surface area contributed by atoms with E-state index >= 15 is 0 Å². The number of benzene rings is 2. The summed E-state index contributed by atoms with van der Waals surface area (Å²) in [6.45, 7) is 2.16. The number of aromatic nitrogens is 1. The van der Waals surface area contributed by atoms with Gasteiger partial charge in [-0.2, -0.15) is 13.2 Å². The van der Waals surface area contributed by atoms with Gasteiger partial charge in [0.05, 0.1) is 5.56 Å². The zero-order valence-electron chi connectivity index (χ0n) is 16.1.